The predicted octanol–water partition coefficient (Wildman–Crippen LogP) is 3.13. The smallest absolute Gasteiger partial charge is 0.326 e. The van der Waals surface area contributed by atoms with Crippen LogP contribution in [0.15, 0.2) is 67.0 Å². The van der Waals surface area contributed by atoms with Gasteiger partial charge < -0.3 is 10.0 Å². The van der Waals surface area contributed by atoms with Gasteiger partial charge in [-0.2, -0.15) is 0 Å². The van der Waals surface area contributed by atoms with Crippen LogP contribution in [0.1, 0.15) is 44.7 Å². The van der Waals surface area contributed by atoms with Gasteiger partial charge in [-0.15, -0.1) is 0 Å². The minimum atomic E-state index is -1.06. The summed E-state index contributed by atoms with van der Waals surface area (Å²) in [5, 5.41) is 9.88. The fraction of sp³-hybridized carbons (Fsp3) is 0.138. The van der Waals surface area contributed by atoms with E-state index in [4.69, 9.17) is 5.84 Å². The van der Waals surface area contributed by atoms with Crippen molar-refractivity contribution < 1.29 is 23.9 Å². The van der Waals surface area contributed by atoms with E-state index in [0.29, 0.717) is 47.1 Å². The SMILES string of the molecule is NNC(=O)c1cc(-c2ccc(C#Cc3ccc(C(=O)N4CCC[C@@H]4C(=O)O)cc3F)cc2)nc2ccncc12. The summed E-state index contributed by atoms with van der Waals surface area (Å²) >= 11 is 0. The molecular weight excluding hydrogens is 501 g/mol. The van der Waals surface area contributed by atoms with E-state index in [1.54, 1.807) is 48.8 Å². The Balaban J connectivity index is 1.36. The number of fused-ring (bicyclic) bond motifs is 1. The molecule has 0 unspecified atom stereocenters. The van der Waals surface area contributed by atoms with Crippen molar-refractivity contribution in [1.82, 2.24) is 20.3 Å². The van der Waals surface area contributed by atoms with E-state index in [1.807, 2.05) is 0 Å². The molecule has 1 saturated heterocycles. The number of pyridine rings is 2. The van der Waals surface area contributed by atoms with Crippen LogP contribution >= 0.6 is 0 Å². The maximum atomic E-state index is 14.8. The molecule has 1 atom stereocenters. The Morgan fingerprint density at radius 1 is 1.08 bits per heavy atom. The number of carbonyl (C=O) groups is 3. The fourth-order valence-corrected chi connectivity index (χ4v) is 4.53. The maximum Gasteiger partial charge on any atom is 0.326 e. The second-order valence-electron chi connectivity index (χ2n) is 8.94. The number of aromatic nitrogens is 2. The molecule has 1 aliphatic rings. The predicted molar refractivity (Wildman–Crippen MR) is 141 cm³/mol. The summed E-state index contributed by atoms with van der Waals surface area (Å²) in [7, 11) is 0. The molecule has 0 saturated carbocycles. The van der Waals surface area contributed by atoms with Gasteiger partial charge in [0.25, 0.3) is 11.8 Å². The van der Waals surface area contributed by atoms with Crippen molar-refractivity contribution in [2.75, 3.05) is 6.54 Å². The summed E-state index contributed by atoms with van der Waals surface area (Å²) in [6.45, 7) is 0.322. The first kappa shape index (κ1) is 25.5. The average molecular weight is 524 g/mol. The zero-order chi connectivity index (χ0) is 27.5. The number of nitrogens with two attached hydrogens (primary N) is 1. The Morgan fingerprint density at radius 3 is 2.59 bits per heavy atom. The number of nitrogen functional groups attached to an aromatic ring is 1. The number of aliphatic carboxylic acids is 1. The van der Waals surface area contributed by atoms with Crippen molar-refractivity contribution >= 4 is 28.7 Å². The van der Waals surface area contributed by atoms with Gasteiger partial charge in [0.05, 0.1) is 22.3 Å². The van der Waals surface area contributed by atoms with E-state index >= 15 is 0 Å². The molecule has 1 aliphatic heterocycles. The van der Waals surface area contributed by atoms with E-state index in [1.165, 1.54) is 17.0 Å². The summed E-state index contributed by atoms with van der Waals surface area (Å²) in [5.74, 6) is 8.31. The van der Waals surface area contributed by atoms with Gasteiger partial charge in [0.2, 0.25) is 0 Å². The zero-order valence-electron chi connectivity index (χ0n) is 20.5. The molecule has 0 spiro atoms. The number of rotatable bonds is 4. The minimum absolute atomic E-state index is 0.0805. The van der Waals surface area contributed by atoms with Crippen LogP contribution < -0.4 is 11.3 Å². The zero-order valence-corrected chi connectivity index (χ0v) is 20.5. The fourth-order valence-electron chi connectivity index (χ4n) is 4.53. The number of carbonyl (C=O) groups excluding carboxylic acids is 2. The molecule has 0 radical (unpaired) electrons. The van der Waals surface area contributed by atoms with Crippen molar-refractivity contribution in [3.05, 3.63) is 95.1 Å². The topological polar surface area (TPSA) is 139 Å². The van der Waals surface area contributed by atoms with Crippen LogP contribution in [-0.2, 0) is 4.79 Å². The van der Waals surface area contributed by atoms with Crippen LogP contribution in [0.3, 0.4) is 0 Å². The van der Waals surface area contributed by atoms with Crippen molar-refractivity contribution in [2.24, 2.45) is 5.84 Å². The average Bonchev–Trinajstić information content (AvgIpc) is 3.46. The Bertz CT molecular complexity index is 1680. The summed E-state index contributed by atoms with van der Waals surface area (Å²) in [6, 6.07) is 13.5. The number of hydrogen-bond acceptors (Lipinski definition) is 6. The van der Waals surface area contributed by atoms with Crippen molar-refractivity contribution in [1.29, 1.82) is 0 Å². The van der Waals surface area contributed by atoms with E-state index in [0.717, 1.165) is 11.6 Å². The van der Waals surface area contributed by atoms with Crippen LogP contribution in [0.4, 0.5) is 4.39 Å². The highest BCUT2D eigenvalue weighted by Gasteiger charge is 2.34. The molecule has 39 heavy (non-hydrogen) atoms. The van der Waals surface area contributed by atoms with Crippen LogP contribution in [-0.4, -0.2) is 50.3 Å². The van der Waals surface area contributed by atoms with E-state index < -0.39 is 29.6 Å². The molecule has 2 aromatic carbocycles. The van der Waals surface area contributed by atoms with E-state index in [-0.39, 0.29) is 11.1 Å². The van der Waals surface area contributed by atoms with Gasteiger partial charge in [0.1, 0.15) is 11.9 Å². The third-order valence-electron chi connectivity index (χ3n) is 6.52. The molecule has 4 N–H and O–H groups in total. The van der Waals surface area contributed by atoms with Crippen molar-refractivity contribution in [3.63, 3.8) is 0 Å². The molecule has 10 heteroatoms. The molecule has 2 aromatic heterocycles. The third kappa shape index (κ3) is 5.16. The number of nitrogens with zero attached hydrogens (tertiary/aromatic N) is 3. The lowest BCUT2D eigenvalue weighted by Crippen LogP contribution is -2.40. The lowest BCUT2D eigenvalue weighted by molar-refractivity contribution is -0.141. The highest BCUT2D eigenvalue weighted by Crippen LogP contribution is 2.25. The molecule has 3 heterocycles. The normalized spacial score (nSPS) is 14.5. The summed E-state index contributed by atoms with van der Waals surface area (Å²) < 4.78 is 14.8. The molecule has 5 rings (SSSR count). The summed E-state index contributed by atoms with van der Waals surface area (Å²) in [6.07, 6.45) is 4.11. The Labute approximate surface area is 222 Å². The van der Waals surface area contributed by atoms with Gasteiger partial charge in [-0.3, -0.25) is 20.0 Å². The number of amides is 2. The number of hydrogen-bond donors (Lipinski definition) is 3. The Kier molecular flexibility index (Phi) is 6.99. The van der Waals surface area contributed by atoms with Gasteiger partial charge in [0, 0.05) is 41.0 Å². The lowest BCUT2D eigenvalue weighted by Gasteiger charge is -2.21. The highest BCUT2D eigenvalue weighted by molar-refractivity contribution is 6.06. The van der Waals surface area contributed by atoms with Crippen molar-refractivity contribution in [3.8, 4) is 23.1 Å². The monoisotopic (exact) mass is 523 g/mol. The number of nitrogens with one attached hydrogen (secondary N) is 1. The minimum Gasteiger partial charge on any atom is -0.480 e. The van der Waals surface area contributed by atoms with Crippen LogP contribution in [0.2, 0.25) is 0 Å². The van der Waals surface area contributed by atoms with E-state index in [2.05, 4.69) is 27.2 Å². The number of carboxylic acid groups (broad SMARTS) is 1. The largest absolute Gasteiger partial charge is 0.480 e. The number of hydrazine groups is 1. The quantitative estimate of drug-likeness (QED) is 0.162. The Hall–Kier alpha value is -5.14. The number of carboxylic acids is 1. The number of likely N-dealkylation sites (tertiary alicyclic amines) is 1. The molecule has 4 aromatic rings. The first-order valence-electron chi connectivity index (χ1n) is 12.1. The van der Waals surface area contributed by atoms with Gasteiger partial charge in [-0.25, -0.2) is 20.0 Å². The second kappa shape index (κ2) is 10.7. The van der Waals surface area contributed by atoms with Gasteiger partial charge in [-0.05, 0) is 55.3 Å². The maximum absolute atomic E-state index is 14.8. The highest BCUT2D eigenvalue weighted by atomic mass is 19.1. The molecule has 2 amide bonds. The summed E-state index contributed by atoms with van der Waals surface area (Å²) in [5.41, 5.74) is 5.17. The number of halogens is 1. The molecule has 1 fully saturated rings. The van der Waals surface area contributed by atoms with Crippen LogP contribution in [0, 0.1) is 17.7 Å². The first-order chi connectivity index (χ1) is 18.9. The van der Waals surface area contributed by atoms with Crippen LogP contribution in [0.25, 0.3) is 22.2 Å². The van der Waals surface area contributed by atoms with Gasteiger partial charge in [0.15, 0.2) is 0 Å². The van der Waals surface area contributed by atoms with Crippen molar-refractivity contribution in [2.45, 2.75) is 18.9 Å². The molecule has 0 bridgehead atoms. The molecular formula is C29H22FN5O4. The standard InChI is InChI=1S/C29H22FN5O4/c30-23-14-20(28(37)35-13-1-2-26(35)29(38)39)10-9-18(23)6-3-17-4-7-19(8-5-17)25-15-21(27(36)34-31)22-16-32-12-11-24(22)33-25/h4-5,7-12,14-16,26H,1-2,13,31H2,(H,34,36)(H,38,39)/t26-/m1/s1. The van der Waals surface area contributed by atoms with Crippen LogP contribution in [0.5, 0.6) is 0 Å². The van der Waals surface area contributed by atoms with Gasteiger partial charge in [-0.1, -0.05) is 24.0 Å². The Morgan fingerprint density at radius 2 is 1.87 bits per heavy atom. The van der Waals surface area contributed by atoms with E-state index in [9.17, 15) is 23.9 Å². The lowest BCUT2D eigenvalue weighted by atomic mass is 10.0. The second-order valence-corrected chi connectivity index (χ2v) is 8.94. The number of benzene rings is 2. The molecule has 9 nitrogen and oxygen atoms in total. The molecule has 0 aliphatic carbocycles. The summed E-state index contributed by atoms with van der Waals surface area (Å²) in [4.78, 5) is 46.3. The van der Waals surface area contributed by atoms with Gasteiger partial charge >= 0.3 is 5.97 Å². The first-order valence-corrected chi connectivity index (χ1v) is 12.1. The molecule has 194 valence electrons. The third-order valence-corrected chi connectivity index (χ3v) is 6.52.